The molecule has 4 rings (SSSR count). The fraction of sp³-hybridized carbons (Fsp3) is 0.282. The molecule has 0 saturated carbocycles. The van der Waals surface area contributed by atoms with E-state index in [-0.39, 0.29) is 28.5 Å². The van der Waals surface area contributed by atoms with Crippen LogP contribution in [0.25, 0.3) is 0 Å². The minimum Gasteiger partial charge on any atom is -0.497 e. The van der Waals surface area contributed by atoms with Crippen LogP contribution in [0.5, 0.6) is 11.5 Å². The van der Waals surface area contributed by atoms with Gasteiger partial charge in [-0.15, -0.1) is 0 Å². The highest BCUT2D eigenvalue weighted by atomic mass is 16.5. The molecular weight excluding hydrogens is 564 g/mol. The summed E-state index contributed by atoms with van der Waals surface area (Å²) in [5.74, 6) is 1.49. The second-order valence-corrected chi connectivity index (χ2v) is 10.4. The molecule has 0 heterocycles. The predicted molar refractivity (Wildman–Crippen MR) is 182 cm³/mol. The predicted octanol–water partition coefficient (Wildman–Crippen LogP) is 9.24. The Morgan fingerprint density at radius 2 is 0.667 bits per heavy atom. The van der Waals surface area contributed by atoms with Crippen LogP contribution in [0.3, 0.4) is 0 Å². The molecule has 6 nitrogen and oxygen atoms in total. The van der Waals surface area contributed by atoms with Crippen molar-refractivity contribution in [3.05, 3.63) is 130 Å². The lowest BCUT2D eigenvalue weighted by atomic mass is 9.78. The summed E-state index contributed by atoms with van der Waals surface area (Å²) in [7, 11) is 3.37. The zero-order chi connectivity index (χ0) is 34.2. The topological polar surface area (TPSA) is 86.7 Å². The standard InChI is InChI=1S/C17H20O2.2C10H10O2.C2H6/c1-17(2,13-5-9-15(18-3)10-6-13)14-7-11-16(19-4)12-8-14;2*1-7(11)9-5-3-4-6-10(9)8(2)12;1-2/h5-12H,1-4H3;2*3-6H,1-2H3;1-2H3. The van der Waals surface area contributed by atoms with Crippen molar-refractivity contribution in [1.29, 1.82) is 0 Å². The van der Waals surface area contributed by atoms with E-state index in [9.17, 15) is 19.2 Å². The molecule has 0 aliphatic carbocycles. The first-order valence-corrected chi connectivity index (χ1v) is 14.8. The Labute approximate surface area is 268 Å². The summed E-state index contributed by atoms with van der Waals surface area (Å²) in [5.41, 5.74) is 4.50. The van der Waals surface area contributed by atoms with Crippen LogP contribution < -0.4 is 9.47 Å². The van der Waals surface area contributed by atoms with E-state index in [0.29, 0.717) is 22.3 Å². The van der Waals surface area contributed by atoms with Gasteiger partial charge in [0.2, 0.25) is 0 Å². The van der Waals surface area contributed by atoms with Crippen molar-refractivity contribution in [3.8, 4) is 11.5 Å². The highest BCUT2D eigenvalue weighted by Crippen LogP contribution is 2.33. The van der Waals surface area contributed by atoms with Crippen molar-refractivity contribution in [2.75, 3.05) is 14.2 Å². The minimum atomic E-state index is -0.0687. The maximum Gasteiger partial charge on any atom is 0.160 e. The van der Waals surface area contributed by atoms with E-state index in [1.807, 2.05) is 38.1 Å². The second kappa shape index (κ2) is 18.7. The molecule has 0 atom stereocenters. The molecule has 0 aliphatic rings. The molecule has 0 amide bonds. The fourth-order valence-electron chi connectivity index (χ4n) is 4.38. The third-order valence-electron chi connectivity index (χ3n) is 6.99. The number of ketones is 4. The maximum atomic E-state index is 11.0. The van der Waals surface area contributed by atoms with Gasteiger partial charge < -0.3 is 9.47 Å². The smallest absolute Gasteiger partial charge is 0.160 e. The molecule has 0 saturated heterocycles. The van der Waals surface area contributed by atoms with Crippen molar-refractivity contribution >= 4 is 23.1 Å². The van der Waals surface area contributed by atoms with Crippen LogP contribution in [0.2, 0.25) is 0 Å². The first kappa shape index (κ1) is 38.2. The van der Waals surface area contributed by atoms with Gasteiger partial charge in [-0.3, -0.25) is 19.2 Å². The Morgan fingerprint density at radius 1 is 0.444 bits per heavy atom. The van der Waals surface area contributed by atoms with Crippen LogP contribution in [-0.2, 0) is 5.41 Å². The highest BCUT2D eigenvalue weighted by molar-refractivity contribution is 6.07. The number of ether oxygens (including phenoxy) is 2. The molecule has 0 bridgehead atoms. The Hall–Kier alpha value is -4.84. The third-order valence-corrected chi connectivity index (χ3v) is 6.99. The van der Waals surface area contributed by atoms with Gasteiger partial charge in [0.05, 0.1) is 14.2 Å². The summed E-state index contributed by atoms with van der Waals surface area (Å²) in [5, 5.41) is 0. The molecule has 0 aliphatic heterocycles. The maximum absolute atomic E-state index is 11.0. The molecule has 0 aromatic heterocycles. The van der Waals surface area contributed by atoms with Gasteiger partial charge in [-0.25, -0.2) is 0 Å². The van der Waals surface area contributed by atoms with Crippen molar-refractivity contribution in [2.24, 2.45) is 0 Å². The first-order valence-electron chi connectivity index (χ1n) is 14.8. The first-order chi connectivity index (χ1) is 21.3. The molecule has 6 heteroatoms. The molecule has 238 valence electrons. The molecular formula is C39H46O6. The van der Waals surface area contributed by atoms with Crippen molar-refractivity contribution in [3.63, 3.8) is 0 Å². The Bertz CT molecular complexity index is 1360. The summed E-state index contributed by atoms with van der Waals surface area (Å²) in [6, 6.07) is 30.1. The number of hydrogen-bond donors (Lipinski definition) is 0. The van der Waals surface area contributed by atoms with Gasteiger partial charge in [0, 0.05) is 27.7 Å². The second-order valence-electron chi connectivity index (χ2n) is 10.4. The lowest BCUT2D eigenvalue weighted by Gasteiger charge is -2.26. The van der Waals surface area contributed by atoms with Crippen molar-refractivity contribution in [1.82, 2.24) is 0 Å². The van der Waals surface area contributed by atoms with E-state index in [4.69, 9.17) is 9.47 Å². The minimum absolute atomic E-state index is 0.0431. The summed E-state index contributed by atoms with van der Waals surface area (Å²) >= 11 is 0. The average Bonchev–Trinajstić information content (AvgIpc) is 3.06. The lowest BCUT2D eigenvalue weighted by Crippen LogP contribution is -2.18. The van der Waals surface area contributed by atoms with E-state index in [1.165, 1.54) is 38.8 Å². The Balaban J connectivity index is 0.000000342. The number of benzene rings is 4. The van der Waals surface area contributed by atoms with Gasteiger partial charge in [0.1, 0.15) is 11.5 Å². The zero-order valence-corrected chi connectivity index (χ0v) is 28.2. The average molecular weight is 611 g/mol. The normalized spacial score (nSPS) is 9.91. The quantitative estimate of drug-likeness (QED) is 0.185. The number of methoxy groups -OCH3 is 2. The van der Waals surface area contributed by atoms with E-state index in [0.717, 1.165) is 11.5 Å². The molecule has 0 N–H and O–H groups in total. The van der Waals surface area contributed by atoms with E-state index in [2.05, 4.69) is 38.1 Å². The zero-order valence-electron chi connectivity index (χ0n) is 28.2. The van der Waals surface area contributed by atoms with Crippen LogP contribution >= 0.6 is 0 Å². The number of rotatable bonds is 8. The Kier molecular flexibility index (Phi) is 15.9. The highest BCUT2D eigenvalue weighted by Gasteiger charge is 2.23. The van der Waals surface area contributed by atoms with Gasteiger partial charge in [-0.1, -0.05) is 100 Å². The van der Waals surface area contributed by atoms with Gasteiger partial charge in [0.25, 0.3) is 0 Å². The largest absolute Gasteiger partial charge is 0.497 e. The summed E-state index contributed by atoms with van der Waals surface area (Å²) < 4.78 is 10.4. The number of carbonyl (C=O) groups excluding carboxylic acids is 4. The molecule has 0 unspecified atom stereocenters. The van der Waals surface area contributed by atoms with Crippen LogP contribution in [0.15, 0.2) is 97.1 Å². The van der Waals surface area contributed by atoms with Gasteiger partial charge in [-0.2, -0.15) is 0 Å². The van der Waals surface area contributed by atoms with E-state index >= 15 is 0 Å². The monoisotopic (exact) mass is 610 g/mol. The fourth-order valence-corrected chi connectivity index (χ4v) is 4.38. The number of Topliss-reactive ketones (excluding diaryl/α,β-unsaturated/α-hetero) is 4. The molecule has 4 aromatic carbocycles. The molecule has 4 aromatic rings. The number of carbonyl (C=O) groups is 4. The molecule has 45 heavy (non-hydrogen) atoms. The van der Waals surface area contributed by atoms with Crippen LogP contribution in [0.4, 0.5) is 0 Å². The van der Waals surface area contributed by atoms with Crippen molar-refractivity contribution in [2.45, 2.75) is 60.8 Å². The van der Waals surface area contributed by atoms with Crippen LogP contribution in [0, 0.1) is 0 Å². The van der Waals surface area contributed by atoms with Crippen molar-refractivity contribution < 1.29 is 28.7 Å². The van der Waals surface area contributed by atoms with Crippen LogP contribution in [0.1, 0.15) is 108 Å². The lowest BCUT2D eigenvalue weighted by molar-refractivity contribution is 0.0981. The third kappa shape index (κ3) is 11.3. The molecule has 0 spiro atoms. The summed E-state index contributed by atoms with van der Waals surface area (Å²) in [6.45, 7) is 14.3. The number of hydrogen-bond acceptors (Lipinski definition) is 6. The SMILES string of the molecule is CC.CC(=O)c1ccccc1C(C)=O.CC(=O)c1ccccc1C(C)=O.COc1ccc(C(C)(C)c2ccc(OC)cc2)cc1. The van der Waals surface area contributed by atoms with Gasteiger partial charge >= 0.3 is 0 Å². The van der Waals surface area contributed by atoms with Gasteiger partial charge in [-0.05, 0) is 63.1 Å². The Morgan fingerprint density at radius 3 is 0.844 bits per heavy atom. The van der Waals surface area contributed by atoms with Gasteiger partial charge in [0.15, 0.2) is 23.1 Å². The van der Waals surface area contributed by atoms with E-state index < -0.39 is 0 Å². The molecule has 0 fully saturated rings. The van der Waals surface area contributed by atoms with E-state index in [1.54, 1.807) is 62.8 Å². The molecule has 0 radical (unpaired) electrons. The summed E-state index contributed by atoms with van der Waals surface area (Å²) in [6.07, 6.45) is 0. The van der Waals surface area contributed by atoms with Crippen LogP contribution in [-0.4, -0.2) is 37.4 Å². The summed E-state index contributed by atoms with van der Waals surface area (Å²) in [4.78, 5) is 44.1.